The lowest BCUT2D eigenvalue weighted by Gasteiger charge is -2.42. The van der Waals surface area contributed by atoms with E-state index >= 15 is 0 Å². The van der Waals surface area contributed by atoms with Crippen LogP contribution in [0.25, 0.3) is 5.57 Å². The number of aliphatic hydroxyl groups is 1. The van der Waals surface area contributed by atoms with E-state index in [-0.39, 0.29) is 6.10 Å². The maximum atomic E-state index is 10.2. The largest absolute Gasteiger partial charge is 0.399 e. The summed E-state index contributed by atoms with van der Waals surface area (Å²) >= 11 is 6.06. The average molecular weight is 398 g/mol. The number of benzene rings is 1. The molecule has 0 aliphatic heterocycles. The molecule has 1 aromatic rings. The van der Waals surface area contributed by atoms with E-state index in [4.69, 9.17) is 17.3 Å². The number of nitrogens with two attached hydrogens (primary N) is 1. The van der Waals surface area contributed by atoms with Crippen LogP contribution in [-0.2, 0) is 0 Å². The summed E-state index contributed by atoms with van der Waals surface area (Å²) in [6, 6.07) is 7.84. The van der Waals surface area contributed by atoms with Crippen molar-refractivity contribution in [2.24, 2.45) is 23.5 Å². The molecule has 4 unspecified atom stereocenters. The highest BCUT2D eigenvalue weighted by Gasteiger charge is 2.36. The maximum Gasteiger partial charge on any atom is 0.0548 e. The van der Waals surface area contributed by atoms with Crippen LogP contribution >= 0.6 is 11.6 Å². The van der Waals surface area contributed by atoms with Crippen LogP contribution in [0.3, 0.4) is 0 Å². The fourth-order valence-corrected chi connectivity index (χ4v) is 4.78. The lowest BCUT2D eigenvalue weighted by atomic mass is 9.64. The first-order valence-electron chi connectivity index (χ1n) is 10.1. The van der Waals surface area contributed by atoms with Gasteiger partial charge in [-0.05, 0) is 79.4 Å². The molecule has 150 valence electrons. The van der Waals surface area contributed by atoms with Gasteiger partial charge in [-0.1, -0.05) is 55.1 Å². The molecule has 3 N–H and O–H groups in total. The molecule has 0 spiro atoms. The van der Waals surface area contributed by atoms with E-state index in [1.807, 2.05) is 42.5 Å². The summed E-state index contributed by atoms with van der Waals surface area (Å²) in [7, 11) is 0. The van der Waals surface area contributed by atoms with Crippen LogP contribution in [0.2, 0.25) is 5.02 Å². The van der Waals surface area contributed by atoms with Crippen LogP contribution in [-0.4, -0.2) is 11.2 Å². The lowest BCUT2D eigenvalue weighted by Crippen LogP contribution is -2.36. The molecule has 1 aromatic carbocycles. The zero-order chi connectivity index (χ0) is 20.5. The first-order valence-corrected chi connectivity index (χ1v) is 10.5. The van der Waals surface area contributed by atoms with E-state index in [9.17, 15) is 5.11 Å². The molecule has 2 fully saturated rings. The summed E-state index contributed by atoms with van der Waals surface area (Å²) in [5.41, 5.74) is 9.17. The molecule has 2 aliphatic carbocycles. The van der Waals surface area contributed by atoms with Gasteiger partial charge in [0.1, 0.15) is 0 Å². The van der Waals surface area contributed by atoms with E-state index in [1.165, 1.54) is 25.7 Å². The van der Waals surface area contributed by atoms with Gasteiger partial charge < -0.3 is 10.8 Å². The van der Waals surface area contributed by atoms with Crippen LogP contribution in [0, 0.1) is 30.6 Å². The number of rotatable bonds is 4. The lowest BCUT2D eigenvalue weighted by molar-refractivity contribution is 0.0230. The normalized spacial score (nSPS) is 28.3. The monoisotopic (exact) mass is 397 g/mol. The van der Waals surface area contributed by atoms with Gasteiger partial charge in [-0.2, -0.15) is 0 Å². The molecule has 4 atom stereocenters. The van der Waals surface area contributed by atoms with Crippen molar-refractivity contribution in [3.8, 4) is 12.8 Å². The minimum atomic E-state index is -0.154. The number of fused-ring (bicyclic) bond motifs is 1. The smallest absolute Gasteiger partial charge is 0.0548 e. The molecule has 0 radical (unpaired) electrons. The maximum absolute atomic E-state index is 10.2. The molecule has 0 saturated heterocycles. The first kappa shape index (κ1) is 22.3. The second kappa shape index (κ2) is 11.1. The molecule has 2 saturated carbocycles. The van der Waals surface area contributed by atoms with Gasteiger partial charge in [-0.15, -0.1) is 12.8 Å². The molecule has 3 heteroatoms. The molecule has 2 aliphatic rings. The molecular weight excluding hydrogens is 366 g/mol. The van der Waals surface area contributed by atoms with Crippen LogP contribution in [0.4, 0.5) is 0 Å². The summed E-state index contributed by atoms with van der Waals surface area (Å²) in [5.74, 6) is 1.87. The van der Waals surface area contributed by atoms with E-state index in [2.05, 4.69) is 25.8 Å². The SMILES string of the molecule is C#C.C\C(=C/C=C(N)/C=C/C1CC(O)CC2CCCCC12)c1cccc(Cl)c1. The predicted octanol–water partition coefficient (Wildman–Crippen LogP) is 5.97. The molecule has 0 amide bonds. The third-order valence-corrected chi connectivity index (χ3v) is 6.21. The van der Waals surface area contributed by atoms with Crippen LogP contribution in [0.15, 0.2) is 54.3 Å². The van der Waals surface area contributed by atoms with Gasteiger partial charge in [0.2, 0.25) is 0 Å². The molecule has 0 heterocycles. The number of hydrogen-bond acceptors (Lipinski definition) is 2. The fourth-order valence-electron chi connectivity index (χ4n) is 4.59. The highest BCUT2D eigenvalue weighted by atomic mass is 35.5. The molecule has 2 nitrogen and oxygen atoms in total. The van der Waals surface area contributed by atoms with Gasteiger partial charge in [0.05, 0.1) is 6.10 Å². The highest BCUT2D eigenvalue weighted by Crippen LogP contribution is 2.44. The van der Waals surface area contributed by atoms with Crippen LogP contribution < -0.4 is 5.73 Å². The number of allylic oxidation sites excluding steroid dienone is 5. The minimum absolute atomic E-state index is 0.154. The quantitative estimate of drug-likeness (QED) is 0.485. The highest BCUT2D eigenvalue weighted by molar-refractivity contribution is 6.30. The number of hydrogen-bond donors (Lipinski definition) is 2. The van der Waals surface area contributed by atoms with Crippen molar-refractivity contribution in [3.05, 3.63) is 64.9 Å². The molecule has 3 rings (SSSR count). The third kappa shape index (κ3) is 6.30. The third-order valence-electron chi connectivity index (χ3n) is 5.98. The summed E-state index contributed by atoms with van der Waals surface area (Å²) < 4.78 is 0. The Labute approximate surface area is 175 Å². The Bertz CT molecular complexity index is 746. The Kier molecular flexibility index (Phi) is 8.90. The molecular formula is C25H32ClNO. The first-order chi connectivity index (χ1) is 13.5. The van der Waals surface area contributed by atoms with E-state index in [1.54, 1.807) is 0 Å². The molecule has 0 aromatic heterocycles. The average Bonchev–Trinajstić information content (AvgIpc) is 2.71. The topological polar surface area (TPSA) is 46.2 Å². The number of halogens is 1. The zero-order valence-electron chi connectivity index (χ0n) is 16.7. The summed E-state index contributed by atoms with van der Waals surface area (Å²) in [5, 5.41) is 10.9. The Morgan fingerprint density at radius 1 is 1.18 bits per heavy atom. The molecule has 0 bridgehead atoms. The number of aliphatic hydroxyl groups excluding tert-OH is 1. The minimum Gasteiger partial charge on any atom is -0.399 e. The fraction of sp³-hybridized carbons (Fsp3) is 0.440. The second-order valence-corrected chi connectivity index (χ2v) is 8.32. The van der Waals surface area contributed by atoms with Crippen LogP contribution in [0.5, 0.6) is 0 Å². The number of terminal acetylenes is 1. The summed E-state index contributed by atoms with van der Waals surface area (Å²) in [6.07, 6.45) is 23.2. The van der Waals surface area contributed by atoms with Crippen molar-refractivity contribution >= 4 is 17.2 Å². The molecule has 28 heavy (non-hydrogen) atoms. The summed E-state index contributed by atoms with van der Waals surface area (Å²) in [4.78, 5) is 0. The van der Waals surface area contributed by atoms with Crippen LogP contribution in [0.1, 0.15) is 51.0 Å². The van der Waals surface area contributed by atoms with Gasteiger partial charge in [0.25, 0.3) is 0 Å². The van der Waals surface area contributed by atoms with E-state index < -0.39 is 0 Å². The van der Waals surface area contributed by atoms with Gasteiger partial charge in [-0.3, -0.25) is 0 Å². The standard InChI is InChI=1S/C23H30ClNO.C2H2/c1-16(17-6-4-7-20(24)13-17)9-11-21(25)12-10-19-15-22(26)14-18-5-2-3-8-23(18)19;1-2/h4,6-7,9-13,18-19,22-23,26H,2-3,5,8,14-15,25H2,1H3;1-2H/b12-10+,16-9+,21-11-;. The van der Waals surface area contributed by atoms with Crippen molar-refractivity contribution in [1.82, 2.24) is 0 Å². The second-order valence-electron chi connectivity index (χ2n) is 7.88. The summed E-state index contributed by atoms with van der Waals surface area (Å²) in [6.45, 7) is 2.06. The van der Waals surface area contributed by atoms with Crippen molar-refractivity contribution in [1.29, 1.82) is 0 Å². The van der Waals surface area contributed by atoms with E-state index in [0.717, 1.165) is 40.6 Å². The zero-order valence-corrected chi connectivity index (χ0v) is 17.5. The van der Waals surface area contributed by atoms with Crippen molar-refractivity contribution in [2.75, 3.05) is 0 Å². The van der Waals surface area contributed by atoms with Gasteiger partial charge in [0.15, 0.2) is 0 Å². The van der Waals surface area contributed by atoms with Gasteiger partial charge in [-0.25, -0.2) is 0 Å². The van der Waals surface area contributed by atoms with Crippen molar-refractivity contribution < 1.29 is 5.11 Å². The van der Waals surface area contributed by atoms with Crippen molar-refractivity contribution in [3.63, 3.8) is 0 Å². The Morgan fingerprint density at radius 3 is 2.68 bits per heavy atom. The Morgan fingerprint density at radius 2 is 1.93 bits per heavy atom. The van der Waals surface area contributed by atoms with Crippen molar-refractivity contribution in [2.45, 2.75) is 51.6 Å². The van der Waals surface area contributed by atoms with E-state index in [0.29, 0.717) is 11.8 Å². The van der Waals surface area contributed by atoms with Gasteiger partial charge >= 0.3 is 0 Å². The van der Waals surface area contributed by atoms with Gasteiger partial charge in [0, 0.05) is 10.7 Å². The Balaban J connectivity index is 0.00000136. The predicted molar refractivity (Wildman–Crippen MR) is 121 cm³/mol. The Hall–Kier alpha value is -1.95.